The number of piperidine rings is 1. The molecular formula is C28H33N3. The predicted molar refractivity (Wildman–Crippen MR) is 132 cm³/mol. The lowest BCUT2D eigenvalue weighted by atomic mass is 9.88. The lowest BCUT2D eigenvalue weighted by Crippen LogP contribution is -2.31. The number of allylic oxidation sites excluding steroid dienone is 2. The highest BCUT2D eigenvalue weighted by Gasteiger charge is 2.22. The summed E-state index contributed by atoms with van der Waals surface area (Å²) in [5.74, 6) is 0.549. The second kappa shape index (κ2) is 9.79. The van der Waals surface area contributed by atoms with Gasteiger partial charge in [0.1, 0.15) is 0 Å². The Kier molecular flexibility index (Phi) is 7.13. The van der Waals surface area contributed by atoms with E-state index in [0.29, 0.717) is 5.92 Å². The number of hydrogen-bond donors (Lipinski definition) is 0. The van der Waals surface area contributed by atoms with Gasteiger partial charge in [-0.2, -0.15) is 5.26 Å². The predicted octanol–water partition coefficient (Wildman–Crippen LogP) is 6.95. The minimum atomic E-state index is 0.549. The topological polar surface area (TPSA) is 39.4 Å². The highest BCUT2D eigenvalue weighted by molar-refractivity contribution is 5.82. The molecule has 160 valence electrons. The van der Waals surface area contributed by atoms with Crippen molar-refractivity contribution in [1.82, 2.24) is 4.90 Å². The van der Waals surface area contributed by atoms with Gasteiger partial charge in [-0.1, -0.05) is 30.8 Å². The van der Waals surface area contributed by atoms with E-state index < -0.39 is 0 Å². The SMILES string of the molecule is C=C(c1ccc(C)c(/C(C)=C(\C)N=C(C)C)c1)N1CCC(c2ccc(C#N)cc2)CC1. The van der Waals surface area contributed by atoms with Crippen LogP contribution in [-0.2, 0) is 0 Å². The summed E-state index contributed by atoms with van der Waals surface area (Å²) in [4.78, 5) is 7.06. The van der Waals surface area contributed by atoms with Gasteiger partial charge in [-0.05, 0) is 99.4 Å². The number of aryl methyl sites for hydroxylation is 1. The molecule has 0 radical (unpaired) electrons. The number of rotatable bonds is 5. The van der Waals surface area contributed by atoms with Crippen LogP contribution in [0.15, 0.2) is 59.7 Å². The van der Waals surface area contributed by atoms with Crippen LogP contribution in [-0.4, -0.2) is 23.7 Å². The first kappa shape index (κ1) is 22.6. The van der Waals surface area contributed by atoms with Crippen molar-refractivity contribution in [3.05, 3.63) is 82.6 Å². The molecule has 2 aromatic carbocycles. The average Bonchev–Trinajstić information content (AvgIpc) is 2.78. The smallest absolute Gasteiger partial charge is 0.0991 e. The van der Waals surface area contributed by atoms with Crippen LogP contribution in [0.5, 0.6) is 0 Å². The molecule has 1 heterocycles. The van der Waals surface area contributed by atoms with E-state index >= 15 is 0 Å². The second-order valence-corrected chi connectivity index (χ2v) is 8.74. The van der Waals surface area contributed by atoms with Gasteiger partial charge in [0.25, 0.3) is 0 Å². The number of nitrogens with zero attached hydrogens (tertiary/aromatic N) is 3. The number of nitriles is 1. The summed E-state index contributed by atoms with van der Waals surface area (Å²) in [6.45, 7) is 16.9. The van der Waals surface area contributed by atoms with E-state index in [2.05, 4.69) is 73.6 Å². The van der Waals surface area contributed by atoms with E-state index in [-0.39, 0.29) is 0 Å². The van der Waals surface area contributed by atoms with Gasteiger partial charge in [0.2, 0.25) is 0 Å². The molecule has 0 atom stereocenters. The van der Waals surface area contributed by atoms with Crippen molar-refractivity contribution in [1.29, 1.82) is 5.26 Å². The molecule has 1 fully saturated rings. The van der Waals surface area contributed by atoms with Crippen LogP contribution in [0.2, 0.25) is 0 Å². The van der Waals surface area contributed by atoms with Crippen LogP contribution in [0.1, 0.15) is 74.3 Å². The van der Waals surface area contributed by atoms with Crippen LogP contribution in [0, 0.1) is 18.3 Å². The molecule has 0 aromatic heterocycles. The van der Waals surface area contributed by atoms with Gasteiger partial charge in [0, 0.05) is 30.2 Å². The summed E-state index contributed by atoms with van der Waals surface area (Å²) >= 11 is 0. The van der Waals surface area contributed by atoms with Gasteiger partial charge < -0.3 is 4.90 Å². The molecule has 0 N–H and O–H groups in total. The summed E-state index contributed by atoms with van der Waals surface area (Å²) in [5.41, 5.74) is 10.2. The zero-order valence-electron chi connectivity index (χ0n) is 19.5. The molecule has 3 heteroatoms. The van der Waals surface area contributed by atoms with Gasteiger partial charge in [0.05, 0.1) is 11.6 Å². The third-order valence-corrected chi connectivity index (χ3v) is 6.30. The molecule has 0 unspecified atom stereocenters. The maximum absolute atomic E-state index is 9.01. The van der Waals surface area contributed by atoms with Gasteiger partial charge >= 0.3 is 0 Å². The Morgan fingerprint density at radius 2 is 1.68 bits per heavy atom. The lowest BCUT2D eigenvalue weighted by molar-refractivity contribution is 0.299. The molecule has 1 aliphatic rings. The summed E-state index contributed by atoms with van der Waals surface area (Å²) in [5, 5.41) is 9.01. The first-order valence-corrected chi connectivity index (χ1v) is 11.0. The fourth-order valence-corrected chi connectivity index (χ4v) is 4.31. The summed E-state index contributed by atoms with van der Waals surface area (Å²) in [6, 6.07) is 16.9. The normalized spacial score (nSPS) is 15.2. The Bertz CT molecular complexity index is 1050. The third-order valence-electron chi connectivity index (χ3n) is 6.30. The van der Waals surface area contributed by atoms with Crippen LogP contribution in [0.3, 0.4) is 0 Å². The number of hydrogen-bond acceptors (Lipinski definition) is 3. The van der Waals surface area contributed by atoms with E-state index in [0.717, 1.165) is 48.6 Å². The molecule has 0 aliphatic carbocycles. The average molecular weight is 412 g/mol. The third kappa shape index (κ3) is 5.33. The van der Waals surface area contributed by atoms with Crippen molar-refractivity contribution in [3.63, 3.8) is 0 Å². The van der Waals surface area contributed by atoms with Crippen LogP contribution in [0.4, 0.5) is 0 Å². The summed E-state index contributed by atoms with van der Waals surface area (Å²) < 4.78 is 0. The largest absolute Gasteiger partial charge is 0.371 e. The fraction of sp³-hybridized carbons (Fsp3) is 0.357. The number of benzene rings is 2. The maximum atomic E-state index is 9.01. The van der Waals surface area contributed by atoms with E-state index in [1.165, 1.54) is 27.8 Å². The standard InChI is InChI=1S/C28H33N3/c1-19(2)30-22(5)21(4)28-17-27(10-7-20(28)3)23(6)31-15-13-26(14-16-31)25-11-8-24(18-29)9-12-25/h7-12,17,26H,6,13-16H2,1-5H3/b22-21+. The Balaban J connectivity index is 1.74. The first-order chi connectivity index (χ1) is 14.8. The zero-order chi connectivity index (χ0) is 22.5. The molecule has 0 amide bonds. The Morgan fingerprint density at radius 3 is 2.26 bits per heavy atom. The zero-order valence-corrected chi connectivity index (χ0v) is 19.5. The summed E-state index contributed by atoms with van der Waals surface area (Å²) in [6.07, 6.45) is 2.21. The van der Waals surface area contributed by atoms with Crippen molar-refractivity contribution < 1.29 is 0 Å². The molecule has 0 saturated carbocycles. The van der Waals surface area contributed by atoms with Gasteiger partial charge in [-0.3, -0.25) is 4.99 Å². The van der Waals surface area contributed by atoms with E-state index in [1.54, 1.807) is 0 Å². The van der Waals surface area contributed by atoms with Gasteiger partial charge in [0.15, 0.2) is 0 Å². The molecule has 1 saturated heterocycles. The monoisotopic (exact) mass is 411 g/mol. The molecule has 2 aromatic rings. The number of likely N-dealkylation sites (tertiary alicyclic amines) is 1. The van der Waals surface area contributed by atoms with Gasteiger partial charge in [-0.15, -0.1) is 0 Å². The van der Waals surface area contributed by atoms with Crippen LogP contribution >= 0.6 is 0 Å². The molecule has 3 nitrogen and oxygen atoms in total. The van der Waals surface area contributed by atoms with Crippen molar-refractivity contribution in [2.45, 2.75) is 53.4 Å². The molecule has 3 rings (SSSR count). The Morgan fingerprint density at radius 1 is 1.03 bits per heavy atom. The fourth-order valence-electron chi connectivity index (χ4n) is 4.31. The quantitative estimate of drug-likeness (QED) is 0.499. The molecule has 0 spiro atoms. The van der Waals surface area contributed by atoms with Crippen molar-refractivity contribution in [3.8, 4) is 6.07 Å². The first-order valence-electron chi connectivity index (χ1n) is 11.0. The summed E-state index contributed by atoms with van der Waals surface area (Å²) in [7, 11) is 0. The van der Waals surface area contributed by atoms with E-state index in [4.69, 9.17) is 5.26 Å². The lowest BCUT2D eigenvalue weighted by Gasteiger charge is -2.35. The molecule has 1 aliphatic heterocycles. The van der Waals surface area contributed by atoms with Gasteiger partial charge in [-0.25, -0.2) is 0 Å². The highest BCUT2D eigenvalue weighted by atomic mass is 15.1. The second-order valence-electron chi connectivity index (χ2n) is 8.74. The maximum Gasteiger partial charge on any atom is 0.0991 e. The van der Waals surface area contributed by atoms with Crippen molar-refractivity contribution >= 4 is 17.0 Å². The van der Waals surface area contributed by atoms with E-state index in [1.807, 2.05) is 26.0 Å². The highest BCUT2D eigenvalue weighted by Crippen LogP contribution is 2.33. The molecular weight excluding hydrogens is 378 g/mol. The minimum Gasteiger partial charge on any atom is -0.371 e. The Labute approximate surface area is 187 Å². The molecule has 31 heavy (non-hydrogen) atoms. The Hall–Kier alpha value is -3.12. The van der Waals surface area contributed by atoms with E-state index in [9.17, 15) is 0 Å². The minimum absolute atomic E-state index is 0.549. The molecule has 0 bridgehead atoms. The van der Waals surface area contributed by atoms with Crippen molar-refractivity contribution in [2.75, 3.05) is 13.1 Å². The van der Waals surface area contributed by atoms with Crippen molar-refractivity contribution in [2.24, 2.45) is 4.99 Å². The number of aliphatic imine (C=N–C) groups is 1. The van der Waals surface area contributed by atoms with Crippen LogP contribution in [0.25, 0.3) is 11.3 Å². The van der Waals surface area contributed by atoms with Crippen LogP contribution < -0.4 is 0 Å².